The van der Waals surface area contributed by atoms with Crippen LogP contribution in [0.1, 0.15) is 39.5 Å². The zero-order valence-corrected chi connectivity index (χ0v) is 20.2. The molecule has 2 amide bonds. The molecule has 0 bridgehead atoms. The molecule has 0 aliphatic rings. The molecule has 10 heteroatoms. The molecule has 3 aromatic rings. The number of aromatic nitrogens is 2. The van der Waals surface area contributed by atoms with Gasteiger partial charge in [-0.1, -0.05) is 16.8 Å². The van der Waals surface area contributed by atoms with Crippen molar-refractivity contribution in [3.8, 4) is 17.1 Å². The van der Waals surface area contributed by atoms with Gasteiger partial charge in [-0.15, -0.1) is 0 Å². The van der Waals surface area contributed by atoms with Crippen molar-refractivity contribution < 1.29 is 23.6 Å². The zero-order valence-electron chi connectivity index (χ0n) is 19.5. The lowest BCUT2D eigenvalue weighted by Gasteiger charge is -2.20. The average Bonchev–Trinajstić information content (AvgIpc) is 3.22. The van der Waals surface area contributed by atoms with E-state index in [9.17, 15) is 9.59 Å². The van der Waals surface area contributed by atoms with Gasteiger partial charge in [0.25, 0.3) is 0 Å². The molecule has 0 atom stereocenters. The summed E-state index contributed by atoms with van der Waals surface area (Å²) in [5, 5.41) is 10.0. The van der Waals surface area contributed by atoms with E-state index in [1.807, 2.05) is 12.1 Å². The summed E-state index contributed by atoms with van der Waals surface area (Å²) in [7, 11) is 1.49. The summed E-state index contributed by atoms with van der Waals surface area (Å²) < 4.78 is 15.8. The van der Waals surface area contributed by atoms with Crippen molar-refractivity contribution in [3.63, 3.8) is 0 Å². The number of carbonyl (C=O) groups excluding carboxylic acids is 2. The molecule has 1 aromatic heterocycles. The number of rotatable bonds is 8. The van der Waals surface area contributed by atoms with Crippen LogP contribution in [0.15, 0.2) is 47.0 Å². The Morgan fingerprint density at radius 3 is 2.50 bits per heavy atom. The number of ether oxygens (including phenoxy) is 2. The van der Waals surface area contributed by atoms with Crippen molar-refractivity contribution in [1.82, 2.24) is 10.1 Å². The van der Waals surface area contributed by atoms with Crippen LogP contribution in [0.25, 0.3) is 11.4 Å². The van der Waals surface area contributed by atoms with E-state index in [-0.39, 0.29) is 12.3 Å². The summed E-state index contributed by atoms with van der Waals surface area (Å²) >= 11 is 5.90. The summed E-state index contributed by atoms with van der Waals surface area (Å²) in [5.74, 6) is 1.17. The number of amides is 2. The van der Waals surface area contributed by atoms with E-state index < -0.39 is 11.7 Å². The van der Waals surface area contributed by atoms with Crippen LogP contribution in [-0.2, 0) is 16.0 Å². The van der Waals surface area contributed by atoms with Crippen LogP contribution in [0, 0.1) is 0 Å². The van der Waals surface area contributed by atoms with Crippen molar-refractivity contribution in [2.45, 2.75) is 45.6 Å². The molecule has 1 heterocycles. The Hall–Kier alpha value is -3.59. The Morgan fingerprint density at radius 2 is 1.82 bits per heavy atom. The molecule has 180 valence electrons. The van der Waals surface area contributed by atoms with Crippen LogP contribution in [0.2, 0.25) is 5.02 Å². The molecular formula is C24H27ClN4O5. The quantitative estimate of drug-likeness (QED) is 0.419. The smallest absolute Gasteiger partial charge is 0.412 e. The van der Waals surface area contributed by atoms with Crippen LogP contribution < -0.4 is 15.4 Å². The molecule has 0 radical (unpaired) electrons. The highest BCUT2D eigenvalue weighted by molar-refractivity contribution is 6.30. The number of nitrogens with one attached hydrogen (secondary N) is 2. The predicted octanol–water partition coefficient (Wildman–Crippen LogP) is 5.71. The van der Waals surface area contributed by atoms with Gasteiger partial charge < -0.3 is 19.3 Å². The fourth-order valence-corrected chi connectivity index (χ4v) is 3.12. The van der Waals surface area contributed by atoms with Crippen molar-refractivity contribution in [3.05, 3.63) is 53.4 Å². The van der Waals surface area contributed by atoms with Crippen molar-refractivity contribution in [2.24, 2.45) is 0 Å². The molecule has 0 saturated heterocycles. The molecule has 9 nitrogen and oxygen atoms in total. The molecule has 2 N–H and O–H groups in total. The Morgan fingerprint density at radius 1 is 1.09 bits per heavy atom. The highest BCUT2D eigenvalue weighted by Gasteiger charge is 2.18. The Bertz CT molecular complexity index is 1140. The minimum atomic E-state index is -0.642. The number of benzene rings is 2. The first-order chi connectivity index (χ1) is 16.1. The summed E-state index contributed by atoms with van der Waals surface area (Å²) in [6, 6.07) is 12.1. The number of methoxy groups -OCH3 is 1. The number of hydrogen-bond acceptors (Lipinski definition) is 7. The molecule has 0 unspecified atom stereocenters. The van der Waals surface area contributed by atoms with Gasteiger partial charge in [-0.05, 0) is 69.7 Å². The van der Waals surface area contributed by atoms with E-state index in [2.05, 4.69) is 20.8 Å². The number of halogens is 1. The molecule has 0 aliphatic heterocycles. The maximum absolute atomic E-state index is 12.4. The topological polar surface area (TPSA) is 116 Å². The standard InChI is InChI=1S/C24H27ClN4O5/c1-24(2,3)33-23(31)27-18-14-17(12-13-19(18)32-4)26-20(30)6-5-7-21-28-22(29-34-21)15-8-10-16(25)11-9-15/h8-14H,5-7H2,1-4H3,(H,26,30)(H,27,31). The van der Waals surface area contributed by atoms with Crippen molar-refractivity contribution in [1.29, 1.82) is 0 Å². The minimum absolute atomic E-state index is 0.189. The molecule has 0 fully saturated rings. The number of carbonyl (C=O) groups is 2. The zero-order chi connectivity index (χ0) is 24.7. The lowest BCUT2D eigenvalue weighted by Crippen LogP contribution is -2.27. The lowest BCUT2D eigenvalue weighted by atomic mass is 10.2. The molecule has 0 saturated carbocycles. The maximum atomic E-state index is 12.4. The minimum Gasteiger partial charge on any atom is -0.495 e. The van der Waals surface area contributed by atoms with Gasteiger partial charge >= 0.3 is 6.09 Å². The fraction of sp³-hybridized carbons (Fsp3) is 0.333. The van der Waals surface area contributed by atoms with Gasteiger partial charge in [0.2, 0.25) is 17.6 Å². The lowest BCUT2D eigenvalue weighted by molar-refractivity contribution is -0.116. The normalized spacial score (nSPS) is 11.1. The van der Waals surface area contributed by atoms with Crippen LogP contribution in [0.3, 0.4) is 0 Å². The van der Waals surface area contributed by atoms with E-state index in [1.165, 1.54) is 7.11 Å². The van der Waals surface area contributed by atoms with Gasteiger partial charge in [-0.2, -0.15) is 4.98 Å². The van der Waals surface area contributed by atoms with E-state index >= 15 is 0 Å². The summed E-state index contributed by atoms with van der Waals surface area (Å²) in [5.41, 5.74) is 1.05. The molecule has 3 rings (SSSR count). The number of nitrogens with zero attached hydrogens (tertiary/aromatic N) is 2. The second kappa shape index (κ2) is 11.0. The van der Waals surface area contributed by atoms with Gasteiger partial charge in [0, 0.05) is 29.1 Å². The second-order valence-corrected chi connectivity index (χ2v) is 8.90. The van der Waals surface area contributed by atoms with Gasteiger partial charge in [-0.25, -0.2) is 4.79 Å². The molecule has 2 aromatic carbocycles. The second-order valence-electron chi connectivity index (χ2n) is 8.46. The van der Waals surface area contributed by atoms with E-state index in [0.29, 0.717) is 46.7 Å². The van der Waals surface area contributed by atoms with E-state index in [1.54, 1.807) is 51.1 Å². The summed E-state index contributed by atoms with van der Waals surface area (Å²) in [6.07, 6.45) is 0.612. The van der Waals surface area contributed by atoms with E-state index in [4.69, 9.17) is 25.6 Å². The first kappa shape index (κ1) is 25.0. The third-order valence-corrected chi connectivity index (χ3v) is 4.74. The van der Waals surface area contributed by atoms with Crippen LogP contribution in [-0.4, -0.2) is 34.9 Å². The average molecular weight is 487 g/mol. The molecule has 0 aliphatic carbocycles. The first-order valence-electron chi connectivity index (χ1n) is 10.7. The first-order valence-corrected chi connectivity index (χ1v) is 11.1. The van der Waals surface area contributed by atoms with Crippen LogP contribution >= 0.6 is 11.6 Å². The SMILES string of the molecule is COc1ccc(NC(=O)CCCc2nc(-c3ccc(Cl)cc3)no2)cc1NC(=O)OC(C)(C)C. The number of hydrogen-bond donors (Lipinski definition) is 2. The maximum Gasteiger partial charge on any atom is 0.412 e. The third kappa shape index (κ3) is 7.48. The largest absolute Gasteiger partial charge is 0.495 e. The van der Waals surface area contributed by atoms with Crippen molar-refractivity contribution in [2.75, 3.05) is 17.7 Å². The molecule has 34 heavy (non-hydrogen) atoms. The van der Waals surface area contributed by atoms with Gasteiger partial charge in [0.05, 0.1) is 12.8 Å². The Balaban J connectivity index is 1.52. The monoisotopic (exact) mass is 486 g/mol. The highest BCUT2D eigenvalue weighted by Crippen LogP contribution is 2.28. The number of anilines is 2. The van der Waals surface area contributed by atoms with Crippen LogP contribution in [0.5, 0.6) is 5.75 Å². The molecular weight excluding hydrogens is 460 g/mol. The summed E-state index contributed by atoms with van der Waals surface area (Å²) in [6.45, 7) is 5.31. The molecule has 0 spiro atoms. The van der Waals surface area contributed by atoms with Crippen LogP contribution in [0.4, 0.5) is 16.2 Å². The highest BCUT2D eigenvalue weighted by atomic mass is 35.5. The van der Waals surface area contributed by atoms with Crippen molar-refractivity contribution >= 4 is 35.0 Å². The number of aryl methyl sites for hydroxylation is 1. The van der Waals surface area contributed by atoms with Gasteiger partial charge in [0.15, 0.2) is 0 Å². The third-order valence-electron chi connectivity index (χ3n) is 4.48. The predicted molar refractivity (Wildman–Crippen MR) is 129 cm³/mol. The Labute approximate surface area is 202 Å². The van der Waals surface area contributed by atoms with Gasteiger partial charge in [-0.3, -0.25) is 10.1 Å². The summed E-state index contributed by atoms with van der Waals surface area (Å²) in [4.78, 5) is 28.9. The fourth-order valence-electron chi connectivity index (χ4n) is 2.99. The van der Waals surface area contributed by atoms with E-state index in [0.717, 1.165) is 5.56 Å². The Kier molecular flexibility index (Phi) is 8.12. The van der Waals surface area contributed by atoms with Gasteiger partial charge in [0.1, 0.15) is 11.4 Å².